The van der Waals surface area contributed by atoms with E-state index in [2.05, 4.69) is 11.9 Å². The predicted octanol–water partition coefficient (Wildman–Crippen LogP) is 4.31. The van der Waals surface area contributed by atoms with E-state index in [0.29, 0.717) is 18.4 Å². The van der Waals surface area contributed by atoms with Crippen LogP contribution in [0.15, 0.2) is 30.9 Å². The summed E-state index contributed by atoms with van der Waals surface area (Å²) in [5, 5.41) is 2.48. The molecular weight excluding hydrogens is 255 g/mol. The first-order valence-electron chi connectivity index (χ1n) is 5.92. The van der Waals surface area contributed by atoms with Gasteiger partial charge in [0.25, 0.3) is 0 Å². The summed E-state index contributed by atoms with van der Waals surface area (Å²) < 4.78 is 37.8. The first kappa shape index (κ1) is 15.3. The lowest BCUT2D eigenvalue weighted by atomic mass is 10.1. The molecule has 1 aromatic carbocycles. The Hall–Kier alpha value is -1.78. The van der Waals surface area contributed by atoms with Crippen molar-refractivity contribution in [2.75, 3.05) is 5.32 Å². The van der Waals surface area contributed by atoms with E-state index in [1.807, 2.05) is 0 Å². The van der Waals surface area contributed by atoms with E-state index in [0.717, 1.165) is 12.1 Å². The number of benzene rings is 1. The minimum Gasteiger partial charge on any atom is -0.326 e. The SMILES string of the molecule is C=CCCCC(=O)Nc1cc(C)cc(C(F)(F)F)c1. The number of unbranched alkanes of at least 4 members (excludes halogenated alkanes) is 1. The molecule has 0 saturated carbocycles. The minimum absolute atomic E-state index is 0.177. The zero-order valence-electron chi connectivity index (χ0n) is 10.7. The number of alkyl halides is 3. The van der Waals surface area contributed by atoms with Crippen molar-refractivity contribution in [2.45, 2.75) is 32.4 Å². The average Bonchev–Trinajstić information content (AvgIpc) is 2.27. The van der Waals surface area contributed by atoms with E-state index in [9.17, 15) is 18.0 Å². The number of rotatable bonds is 5. The molecule has 1 aromatic rings. The normalized spacial score (nSPS) is 11.2. The molecule has 0 unspecified atom stereocenters. The summed E-state index contributed by atoms with van der Waals surface area (Å²) in [5.74, 6) is -0.291. The summed E-state index contributed by atoms with van der Waals surface area (Å²) >= 11 is 0. The molecule has 0 saturated heterocycles. The number of hydrogen-bond donors (Lipinski definition) is 1. The Morgan fingerprint density at radius 2 is 2.05 bits per heavy atom. The Labute approximate surface area is 110 Å². The second-order valence-corrected chi connectivity index (χ2v) is 4.31. The number of carbonyl (C=O) groups excluding carboxylic acids is 1. The first-order chi connectivity index (χ1) is 8.82. The molecule has 0 aliphatic rings. The fourth-order valence-corrected chi connectivity index (χ4v) is 1.65. The second-order valence-electron chi connectivity index (χ2n) is 4.31. The van der Waals surface area contributed by atoms with Crippen molar-refractivity contribution in [3.05, 3.63) is 42.0 Å². The number of carbonyl (C=O) groups is 1. The Bertz CT molecular complexity index is 466. The topological polar surface area (TPSA) is 29.1 Å². The average molecular weight is 271 g/mol. The highest BCUT2D eigenvalue weighted by molar-refractivity contribution is 5.90. The Morgan fingerprint density at radius 1 is 1.37 bits per heavy atom. The molecule has 0 atom stereocenters. The van der Waals surface area contributed by atoms with Crippen LogP contribution in [0.2, 0.25) is 0 Å². The van der Waals surface area contributed by atoms with Gasteiger partial charge in [-0.25, -0.2) is 0 Å². The number of aryl methyl sites for hydroxylation is 1. The highest BCUT2D eigenvalue weighted by atomic mass is 19.4. The fourth-order valence-electron chi connectivity index (χ4n) is 1.65. The van der Waals surface area contributed by atoms with Gasteiger partial charge in [-0.05, 0) is 43.5 Å². The fraction of sp³-hybridized carbons (Fsp3) is 0.357. The Kier molecular flexibility index (Phi) is 5.15. The van der Waals surface area contributed by atoms with Gasteiger partial charge in [0.05, 0.1) is 5.56 Å². The maximum Gasteiger partial charge on any atom is 0.416 e. The van der Waals surface area contributed by atoms with Crippen molar-refractivity contribution in [1.82, 2.24) is 0 Å². The highest BCUT2D eigenvalue weighted by Crippen LogP contribution is 2.31. The molecular formula is C14H16F3NO. The first-order valence-corrected chi connectivity index (χ1v) is 5.92. The van der Waals surface area contributed by atoms with Crippen LogP contribution in [-0.4, -0.2) is 5.91 Å². The predicted molar refractivity (Wildman–Crippen MR) is 68.9 cm³/mol. The monoisotopic (exact) mass is 271 g/mol. The molecule has 1 N–H and O–H groups in total. The molecule has 0 spiro atoms. The van der Waals surface area contributed by atoms with Gasteiger partial charge in [-0.15, -0.1) is 6.58 Å². The van der Waals surface area contributed by atoms with Gasteiger partial charge in [0.2, 0.25) is 5.91 Å². The van der Waals surface area contributed by atoms with E-state index in [1.165, 1.54) is 6.07 Å². The van der Waals surface area contributed by atoms with Crippen molar-refractivity contribution in [3.63, 3.8) is 0 Å². The van der Waals surface area contributed by atoms with Gasteiger partial charge in [0, 0.05) is 12.1 Å². The Morgan fingerprint density at radius 3 is 2.63 bits per heavy atom. The van der Waals surface area contributed by atoms with Crippen LogP contribution >= 0.6 is 0 Å². The molecule has 2 nitrogen and oxygen atoms in total. The molecule has 19 heavy (non-hydrogen) atoms. The van der Waals surface area contributed by atoms with Crippen molar-refractivity contribution in [2.24, 2.45) is 0 Å². The van der Waals surface area contributed by atoms with Gasteiger partial charge >= 0.3 is 6.18 Å². The summed E-state index contributed by atoms with van der Waals surface area (Å²) in [6.07, 6.45) is -1.11. The molecule has 0 aromatic heterocycles. The third-order valence-electron chi connectivity index (χ3n) is 2.50. The van der Waals surface area contributed by atoms with Crippen LogP contribution in [-0.2, 0) is 11.0 Å². The van der Waals surface area contributed by atoms with Crippen LogP contribution < -0.4 is 5.32 Å². The Balaban J connectivity index is 2.76. The molecule has 0 heterocycles. The molecule has 0 fully saturated rings. The van der Waals surface area contributed by atoms with Gasteiger partial charge in [0.15, 0.2) is 0 Å². The highest BCUT2D eigenvalue weighted by Gasteiger charge is 2.31. The number of anilines is 1. The van der Waals surface area contributed by atoms with Gasteiger partial charge in [-0.1, -0.05) is 6.08 Å². The van der Waals surface area contributed by atoms with Crippen LogP contribution in [0, 0.1) is 6.92 Å². The number of nitrogens with one attached hydrogen (secondary N) is 1. The molecule has 1 rings (SSSR count). The van der Waals surface area contributed by atoms with Crippen molar-refractivity contribution in [1.29, 1.82) is 0 Å². The standard InChI is InChI=1S/C14H16F3NO/c1-3-4-5-6-13(19)18-12-8-10(2)7-11(9-12)14(15,16)17/h3,7-9H,1,4-6H2,2H3,(H,18,19). The van der Waals surface area contributed by atoms with Gasteiger partial charge in [-0.3, -0.25) is 4.79 Å². The number of hydrogen-bond acceptors (Lipinski definition) is 1. The smallest absolute Gasteiger partial charge is 0.326 e. The maximum absolute atomic E-state index is 12.6. The quantitative estimate of drug-likeness (QED) is 0.627. The lowest BCUT2D eigenvalue weighted by Gasteiger charge is -2.11. The third-order valence-corrected chi connectivity index (χ3v) is 2.50. The minimum atomic E-state index is -4.41. The summed E-state index contributed by atoms with van der Waals surface area (Å²) in [7, 11) is 0. The zero-order valence-corrected chi connectivity index (χ0v) is 10.7. The third kappa shape index (κ3) is 5.16. The molecule has 0 aliphatic carbocycles. The van der Waals surface area contributed by atoms with E-state index in [1.54, 1.807) is 13.0 Å². The zero-order chi connectivity index (χ0) is 14.5. The van der Waals surface area contributed by atoms with Crippen LogP contribution in [0.1, 0.15) is 30.4 Å². The summed E-state index contributed by atoms with van der Waals surface area (Å²) in [4.78, 5) is 11.5. The van der Waals surface area contributed by atoms with Gasteiger partial charge < -0.3 is 5.32 Å². The lowest BCUT2D eigenvalue weighted by molar-refractivity contribution is -0.137. The lowest BCUT2D eigenvalue weighted by Crippen LogP contribution is -2.13. The van der Waals surface area contributed by atoms with Crippen LogP contribution in [0.3, 0.4) is 0 Å². The van der Waals surface area contributed by atoms with E-state index in [-0.39, 0.29) is 18.0 Å². The van der Waals surface area contributed by atoms with Crippen molar-refractivity contribution in [3.8, 4) is 0 Å². The molecule has 104 valence electrons. The van der Waals surface area contributed by atoms with E-state index < -0.39 is 11.7 Å². The number of halogens is 3. The van der Waals surface area contributed by atoms with Crippen LogP contribution in [0.25, 0.3) is 0 Å². The van der Waals surface area contributed by atoms with Gasteiger partial charge in [0.1, 0.15) is 0 Å². The summed E-state index contributed by atoms with van der Waals surface area (Å²) in [6, 6.07) is 3.51. The van der Waals surface area contributed by atoms with Gasteiger partial charge in [-0.2, -0.15) is 13.2 Å². The molecule has 5 heteroatoms. The van der Waals surface area contributed by atoms with Crippen LogP contribution in [0.5, 0.6) is 0 Å². The largest absolute Gasteiger partial charge is 0.416 e. The molecule has 1 amide bonds. The molecule has 0 aliphatic heterocycles. The maximum atomic E-state index is 12.6. The number of allylic oxidation sites excluding steroid dienone is 1. The van der Waals surface area contributed by atoms with Crippen molar-refractivity contribution < 1.29 is 18.0 Å². The van der Waals surface area contributed by atoms with Crippen molar-refractivity contribution >= 4 is 11.6 Å². The molecule has 0 bridgehead atoms. The molecule has 0 radical (unpaired) electrons. The summed E-state index contributed by atoms with van der Waals surface area (Å²) in [6.45, 7) is 5.09. The number of amides is 1. The van der Waals surface area contributed by atoms with E-state index in [4.69, 9.17) is 0 Å². The summed E-state index contributed by atoms with van der Waals surface area (Å²) in [5.41, 5.74) is -0.124. The van der Waals surface area contributed by atoms with Crippen LogP contribution in [0.4, 0.5) is 18.9 Å². The van der Waals surface area contributed by atoms with E-state index >= 15 is 0 Å². The second kappa shape index (κ2) is 6.41.